The highest BCUT2D eigenvalue weighted by atomic mass is 32.1. The Labute approximate surface area is 140 Å². The van der Waals surface area contributed by atoms with E-state index >= 15 is 0 Å². The van der Waals surface area contributed by atoms with Crippen LogP contribution in [0, 0.1) is 5.92 Å². The van der Waals surface area contributed by atoms with Crippen LogP contribution in [0.3, 0.4) is 0 Å². The van der Waals surface area contributed by atoms with Crippen LogP contribution in [0.4, 0.5) is 0 Å². The molecule has 4 nitrogen and oxygen atoms in total. The molecule has 0 amide bonds. The van der Waals surface area contributed by atoms with Crippen molar-refractivity contribution in [2.24, 2.45) is 5.92 Å². The van der Waals surface area contributed by atoms with Crippen LogP contribution >= 0.6 is 11.3 Å². The minimum Gasteiger partial charge on any atom is -0.493 e. The smallest absolute Gasteiger partial charge is 0.131 e. The fraction of sp³-hybridized carbons (Fsp3) is 0.500. The molecule has 1 aromatic carbocycles. The van der Waals surface area contributed by atoms with E-state index in [1.165, 1.54) is 12.8 Å². The van der Waals surface area contributed by atoms with Crippen LogP contribution in [0.25, 0.3) is 0 Å². The summed E-state index contributed by atoms with van der Waals surface area (Å²) in [5, 5.41) is 3.13. The average Bonchev–Trinajstić information content (AvgIpc) is 3.06. The molecule has 0 N–H and O–H groups in total. The van der Waals surface area contributed by atoms with Crippen LogP contribution in [0.1, 0.15) is 42.5 Å². The van der Waals surface area contributed by atoms with Gasteiger partial charge in [0.25, 0.3) is 0 Å². The van der Waals surface area contributed by atoms with Crippen molar-refractivity contribution in [3.8, 4) is 11.5 Å². The second-order valence-corrected chi connectivity index (χ2v) is 7.08. The van der Waals surface area contributed by atoms with Gasteiger partial charge >= 0.3 is 0 Å². The Kier molecular flexibility index (Phi) is 4.48. The molecule has 0 bridgehead atoms. The monoisotopic (exact) mass is 331 g/mol. The first kappa shape index (κ1) is 15.0. The topological polar surface area (TPSA) is 40.6 Å². The third kappa shape index (κ3) is 4.03. The lowest BCUT2D eigenvalue weighted by Gasteiger charge is -2.07. The fourth-order valence-corrected chi connectivity index (χ4v) is 3.48. The third-order valence-corrected chi connectivity index (χ3v) is 5.15. The zero-order valence-corrected chi connectivity index (χ0v) is 13.9. The summed E-state index contributed by atoms with van der Waals surface area (Å²) in [4.78, 5) is 4.62. The van der Waals surface area contributed by atoms with Crippen LogP contribution in [-0.4, -0.2) is 18.2 Å². The molecule has 2 aromatic rings. The van der Waals surface area contributed by atoms with Gasteiger partial charge in [-0.1, -0.05) is 0 Å². The number of aromatic nitrogens is 1. The maximum absolute atomic E-state index is 5.81. The van der Waals surface area contributed by atoms with E-state index in [9.17, 15) is 0 Å². The van der Waals surface area contributed by atoms with Gasteiger partial charge in [0.1, 0.15) is 29.2 Å². The van der Waals surface area contributed by atoms with Gasteiger partial charge in [0.2, 0.25) is 0 Å². The minimum atomic E-state index is 0.191. The number of rotatable bonds is 7. The molecular formula is C18H21NO3S. The molecule has 1 aliphatic heterocycles. The van der Waals surface area contributed by atoms with E-state index in [-0.39, 0.29) is 6.10 Å². The summed E-state index contributed by atoms with van der Waals surface area (Å²) in [7, 11) is 0. The summed E-state index contributed by atoms with van der Waals surface area (Å²) in [5.74, 6) is 2.53. The Balaban J connectivity index is 1.28. The first-order chi connectivity index (χ1) is 11.4. The minimum absolute atomic E-state index is 0.191. The van der Waals surface area contributed by atoms with E-state index in [2.05, 4.69) is 10.4 Å². The van der Waals surface area contributed by atoms with Gasteiger partial charge in [0.15, 0.2) is 0 Å². The second kappa shape index (κ2) is 6.89. The molecule has 23 heavy (non-hydrogen) atoms. The van der Waals surface area contributed by atoms with Crippen molar-refractivity contribution in [3.63, 3.8) is 0 Å². The van der Waals surface area contributed by atoms with Crippen molar-refractivity contribution >= 4 is 11.3 Å². The number of nitrogens with zero attached hydrogens (tertiary/aromatic N) is 1. The number of hydrogen-bond donors (Lipinski definition) is 0. The Bertz CT molecular complexity index is 630. The highest BCUT2D eigenvalue weighted by Gasteiger charge is 2.22. The summed E-state index contributed by atoms with van der Waals surface area (Å²) in [6, 6.07) is 7.85. The lowest BCUT2D eigenvalue weighted by molar-refractivity contribution is 0.111. The normalized spacial score (nSPS) is 20.6. The summed E-state index contributed by atoms with van der Waals surface area (Å²) < 4.78 is 17.2. The molecule has 1 atom stereocenters. The van der Waals surface area contributed by atoms with Gasteiger partial charge < -0.3 is 14.2 Å². The molecule has 1 aliphatic carbocycles. The van der Waals surface area contributed by atoms with Crippen molar-refractivity contribution in [2.75, 3.05) is 13.2 Å². The zero-order chi connectivity index (χ0) is 15.5. The van der Waals surface area contributed by atoms with E-state index in [0.29, 0.717) is 6.61 Å². The van der Waals surface area contributed by atoms with Crippen LogP contribution < -0.4 is 9.47 Å². The van der Waals surface area contributed by atoms with Gasteiger partial charge in [0, 0.05) is 12.0 Å². The molecule has 1 unspecified atom stereocenters. The summed E-state index contributed by atoms with van der Waals surface area (Å²) in [6.45, 7) is 2.18. The molecule has 1 aromatic heterocycles. The van der Waals surface area contributed by atoms with Crippen molar-refractivity contribution in [3.05, 3.63) is 40.3 Å². The third-order valence-electron chi connectivity index (χ3n) is 4.17. The fourth-order valence-electron chi connectivity index (χ4n) is 2.60. The first-order valence-electron chi connectivity index (χ1n) is 8.28. The zero-order valence-electron chi connectivity index (χ0n) is 13.1. The van der Waals surface area contributed by atoms with E-state index in [4.69, 9.17) is 14.2 Å². The maximum Gasteiger partial charge on any atom is 0.131 e. The van der Waals surface area contributed by atoms with Crippen LogP contribution in [0.5, 0.6) is 11.5 Å². The highest BCUT2D eigenvalue weighted by Crippen LogP contribution is 2.31. The lowest BCUT2D eigenvalue weighted by Crippen LogP contribution is -2.00. The summed E-state index contributed by atoms with van der Waals surface area (Å²) in [6.07, 6.45) is 5.02. The van der Waals surface area contributed by atoms with Gasteiger partial charge in [-0.25, -0.2) is 4.98 Å². The molecule has 1 saturated carbocycles. The van der Waals surface area contributed by atoms with Crippen LogP contribution in [0.15, 0.2) is 29.6 Å². The maximum atomic E-state index is 5.81. The molecule has 0 radical (unpaired) electrons. The number of thiazole rings is 1. The van der Waals surface area contributed by atoms with Crippen LogP contribution in [0.2, 0.25) is 0 Å². The Hall–Kier alpha value is -1.59. The van der Waals surface area contributed by atoms with Gasteiger partial charge in [-0.15, -0.1) is 11.3 Å². The molecular weight excluding hydrogens is 310 g/mol. The first-order valence-corrected chi connectivity index (χ1v) is 9.16. The number of hydrogen-bond acceptors (Lipinski definition) is 5. The predicted molar refractivity (Wildman–Crippen MR) is 89.0 cm³/mol. The van der Waals surface area contributed by atoms with Gasteiger partial charge in [0.05, 0.1) is 12.3 Å². The highest BCUT2D eigenvalue weighted by molar-refractivity contribution is 7.09. The van der Waals surface area contributed by atoms with Crippen molar-refractivity contribution in [2.45, 2.75) is 38.4 Å². The largest absolute Gasteiger partial charge is 0.493 e. The molecule has 122 valence electrons. The number of ether oxygens (including phenoxy) is 3. The molecule has 1 saturated heterocycles. The van der Waals surface area contributed by atoms with Crippen molar-refractivity contribution in [1.82, 2.24) is 4.98 Å². The molecule has 2 aliphatic rings. The molecule has 2 fully saturated rings. The Morgan fingerprint density at radius 1 is 1.09 bits per heavy atom. The Morgan fingerprint density at radius 2 is 1.87 bits per heavy atom. The molecule has 5 heteroatoms. The van der Waals surface area contributed by atoms with Crippen LogP contribution in [-0.2, 0) is 11.3 Å². The standard InChI is InChI=1S/C18H21NO3S/c1-2-17(20-9-1)18-19-14(12-23-18)11-22-16-7-5-15(6-8-16)21-10-13-3-4-13/h5-8,12-13,17H,1-4,9-11H2. The number of benzene rings is 1. The average molecular weight is 331 g/mol. The molecule has 2 heterocycles. The molecule has 4 rings (SSSR count). The van der Waals surface area contributed by atoms with E-state index < -0.39 is 0 Å². The Morgan fingerprint density at radius 3 is 2.57 bits per heavy atom. The van der Waals surface area contributed by atoms with E-state index in [0.717, 1.165) is 54.2 Å². The van der Waals surface area contributed by atoms with Gasteiger partial charge in [-0.3, -0.25) is 0 Å². The second-order valence-electron chi connectivity index (χ2n) is 6.19. The predicted octanol–water partition coefficient (Wildman–Crippen LogP) is 4.36. The quantitative estimate of drug-likeness (QED) is 0.756. The summed E-state index contributed by atoms with van der Waals surface area (Å²) >= 11 is 1.66. The SMILES string of the molecule is c1cc(OCC2CC2)ccc1OCc1csc(C2CCCO2)n1. The van der Waals surface area contributed by atoms with Gasteiger partial charge in [-0.2, -0.15) is 0 Å². The van der Waals surface area contributed by atoms with Crippen molar-refractivity contribution in [1.29, 1.82) is 0 Å². The summed E-state index contributed by atoms with van der Waals surface area (Å²) in [5.41, 5.74) is 0.967. The van der Waals surface area contributed by atoms with E-state index in [1.54, 1.807) is 11.3 Å². The van der Waals surface area contributed by atoms with E-state index in [1.807, 2.05) is 24.3 Å². The van der Waals surface area contributed by atoms with Crippen molar-refractivity contribution < 1.29 is 14.2 Å². The van der Waals surface area contributed by atoms with Gasteiger partial charge in [-0.05, 0) is 55.9 Å². The lowest BCUT2D eigenvalue weighted by atomic mass is 10.2. The molecule has 0 spiro atoms.